The van der Waals surface area contributed by atoms with Gasteiger partial charge in [-0.05, 0) is 32.0 Å². The maximum Gasteiger partial charge on any atom is 0.249 e. The van der Waals surface area contributed by atoms with E-state index in [2.05, 4.69) is 25.9 Å². The van der Waals surface area contributed by atoms with Crippen molar-refractivity contribution >= 4 is 33.2 Å². The topological polar surface area (TPSA) is 70.3 Å². The van der Waals surface area contributed by atoms with Crippen LogP contribution in [0.15, 0.2) is 29.0 Å². The van der Waals surface area contributed by atoms with E-state index in [9.17, 15) is 0 Å². The highest BCUT2D eigenvalue weighted by Crippen LogP contribution is 2.35. The third kappa shape index (κ3) is 3.52. The Hall–Kier alpha value is -1.53. The maximum atomic E-state index is 6.06. The van der Waals surface area contributed by atoms with E-state index in [1.54, 1.807) is 12.1 Å². The largest absolute Gasteiger partial charge is 0.473 e. The highest BCUT2D eigenvalue weighted by molar-refractivity contribution is 9.10. The van der Waals surface area contributed by atoms with E-state index in [1.807, 2.05) is 19.9 Å². The van der Waals surface area contributed by atoms with Gasteiger partial charge in [0.2, 0.25) is 11.8 Å². The van der Waals surface area contributed by atoms with Crippen LogP contribution in [0.25, 0.3) is 0 Å². The summed E-state index contributed by atoms with van der Waals surface area (Å²) in [6.07, 6.45) is 1.28. The predicted molar refractivity (Wildman–Crippen MR) is 81.4 cm³/mol. The van der Waals surface area contributed by atoms with Gasteiger partial charge in [-0.25, -0.2) is 0 Å². The first-order valence-electron chi connectivity index (χ1n) is 5.87. The van der Waals surface area contributed by atoms with Crippen molar-refractivity contribution < 1.29 is 9.47 Å². The molecule has 1 heterocycles. The van der Waals surface area contributed by atoms with E-state index in [-0.39, 0.29) is 23.6 Å². The molecule has 106 valence electrons. The molecule has 0 unspecified atom stereocenters. The molecule has 0 saturated carbocycles. The van der Waals surface area contributed by atoms with E-state index in [4.69, 9.17) is 26.8 Å². The summed E-state index contributed by atoms with van der Waals surface area (Å²) in [5, 5.41) is 0.456. The van der Waals surface area contributed by atoms with Gasteiger partial charge in [0.15, 0.2) is 5.69 Å². The van der Waals surface area contributed by atoms with E-state index in [0.717, 1.165) is 4.47 Å². The summed E-state index contributed by atoms with van der Waals surface area (Å²) in [6, 6.07) is 5.25. The molecule has 20 heavy (non-hydrogen) atoms. The molecule has 0 aliphatic heterocycles. The first kappa shape index (κ1) is 14.9. The van der Waals surface area contributed by atoms with Gasteiger partial charge in [-0.1, -0.05) is 27.5 Å². The van der Waals surface area contributed by atoms with Crippen molar-refractivity contribution in [3.8, 4) is 17.5 Å². The molecule has 2 N–H and O–H groups in total. The van der Waals surface area contributed by atoms with Crippen LogP contribution in [0.5, 0.6) is 17.5 Å². The number of benzene rings is 1. The summed E-state index contributed by atoms with van der Waals surface area (Å²) in [7, 11) is 0. The fraction of sp³-hybridized carbons (Fsp3) is 0.231. The lowest BCUT2D eigenvalue weighted by Crippen LogP contribution is -2.10. The Morgan fingerprint density at radius 1 is 1.25 bits per heavy atom. The first-order chi connectivity index (χ1) is 9.47. The molecule has 0 radical (unpaired) electrons. The lowest BCUT2D eigenvalue weighted by molar-refractivity contribution is 0.233. The number of rotatable bonds is 4. The zero-order valence-corrected chi connectivity index (χ0v) is 13.3. The van der Waals surface area contributed by atoms with Crippen LogP contribution in [0.4, 0.5) is 5.69 Å². The minimum atomic E-state index is -0.0468. The summed E-state index contributed by atoms with van der Waals surface area (Å²) in [5.74, 6) is 0.939. The van der Waals surface area contributed by atoms with Gasteiger partial charge in [0.05, 0.1) is 11.1 Å². The fourth-order valence-corrected chi connectivity index (χ4v) is 1.92. The average molecular weight is 359 g/mol. The van der Waals surface area contributed by atoms with Gasteiger partial charge in [-0.2, -0.15) is 9.97 Å². The lowest BCUT2D eigenvalue weighted by atomic mass is 10.3. The van der Waals surface area contributed by atoms with E-state index in [1.165, 1.54) is 6.33 Å². The van der Waals surface area contributed by atoms with Crippen LogP contribution in [0, 0.1) is 0 Å². The normalized spacial score (nSPS) is 10.7. The van der Waals surface area contributed by atoms with Gasteiger partial charge < -0.3 is 15.2 Å². The van der Waals surface area contributed by atoms with E-state index in [0.29, 0.717) is 10.8 Å². The number of nitrogens with two attached hydrogens (primary N) is 1. The van der Waals surface area contributed by atoms with Crippen LogP contribution in [0.3, 0.4) is 0 Å². The Labute approximate surface area is 130 Å². The molecule has 1 aromatic carbocycles. The number of aromatic nitrogens is 2. The number of nitrogens with zero attached hydrogens (tertiary/aromatic N) is 2. The number of nitrogen functional groups attached to an aromatic ring is 1. The smallest absolute Gasteiger partial charge is 0.249 e. The molecular formula is C13H13BrClN3O2. The number of ether oxygens (including phenoxy) is 2. The number of hydrogen-bond acceptors (Lipinski definition) is 5. The minimum absolute atomic E-state index is 0.0468. The minimum Gasteiger partial charge on any atom is -0.473 e. The molecule has 7 heteroatoms. The molecule has 2 rings (SSSR count). The van der Waals surface area contributed by atoms with Crippen molar-refractivity contribution in [1.82, 2.24) is 9.97 Å². The Morgan fingerprint density at radius 2 is 1.95 bits per heavy atom. The van der Waals surface area contributed by atoms with Crippen molar-refractivity contribution in [3.05, 3.63) is 34.0 Å². The molecule has 0 spiro atoms. The molecule has 0 aliphatic carbocycles. The van der Waals surface area contributed by atoms with Gasteiger partial charge in [-0.15, -0.1) is 0 Å². The molecule has 0 aliphatic rings. The third-order valence-corrected chi connectivity index (χ3v) is 3.06. The molecule has 2 aromatic rings. The summed E-state index contributed by atoms with van der Waals surface area (Å²) in [6.45, 7) is 3.76. The summed E-state index contributed by atoms with van der Waals surface area (Å²) < 4.78 is 11.9. The van der Waals surface area contributed by atoms with Crippen molar-refractivity contribution in [2.24, 2.45) is 0 Å². The SMILES string of the molecule is CC(C)Oc1ncnc(Oc2cc(Br)ccc2Cl)c1N. The second-order valence-electron chi connectivity index (χ2n) is 4.24. The van der Waals surface area contributed by atoms with E-state index >= 15 is 0 Å². The molecular weight excluding hydrogens is 346 g/mol. The van der Waals surface area contributed by atoms with Gasteiger partial charge in [0.25, 0.3) is 0 Å². The summed E-state index contributed by atoms with van der Waals surface area (Å²) in [4.78, 5) is 7.98. The summed E-state index contributed by atoms with van der Waals surface area (Å²) >= 11 is 9.41. The molecule has 0 saturated heterocycles. The standard InChI is InChI=1S/C13H13BrClN3O2/c1-7(2)19-12-11(16)13(18-6-17-12)20-10-5-8(14)3-4-9(10)15/h3-7H,16H2,1-2H3. The van der Waals surface area contributed by atoms with Gasteiger partial charge in [0, 0.05) is 4.47 Å². The number of halogens is 2. The monoisotopic (exact) mass is 357 g/mol. The Balaban J connectivity index is 2.32. The van der Waals surface area contributed by atoms with Crippen molar-refractivity contribution in [2.75, 3.05) is 5.73 Å². The maximum absolute atomic E-state index is 6.06. The fourth-order valence-electron chi connectivity index (χ4n) is 1.42. The zero-order valence-electron chi connectivity index (χ0n) is 10.9. The highest BCUT2D eigenvalue weighted by Gasteiger charge is 2.14. The van der Waals surface area contributed by atoms with Crippen LogP contribution in [0.1, 0.15) is 13.8 Å². The second-order valence-corrected chi connectivity index (χ2v) is 5.56. The first-order valence-corrected chi connectivity index (χ1v) is 7.04. The van der Waals surface area contributed by atoms with Crippen molar-refractivity contribution in [1.29, 1.82) is 0 Å². The zero-order chi connectivity index (χ0) is 14.7. The van der Waals surface area contributed by atoms with Crippen LogP contribution < -0.4 is 15.2 Å². The van der Waals surface area contributed by atoms with Crippen LogP contribution in [-0.2, 0) is 0 Å². The highest BCUT2D eigenvalue weighted by atomic mass is 79.9. The lowest BCUT2D eigenvalue weighted by Gasteiger charge is -2.13. The van der Waals surface area contributed by atoms with Gasteiger partial charge in [-0.3, -0.25) is 0 Å². The molecule has 0 fully saturated rings. The van der Waals surface area contributed by atoms with Crippen LogP contribution >= 0.6 is 27.5 Å². The average Bonchev–Trinajstić information content (AvgIpc) is 2.38. The van der Waals surface area contributed by atoms with Crippen LogP contribution in [-0.4, -0.2) is 16.1 Å². The van der Waals surface area contributed by atoms with Crippen LogP contribution in [0.2, 0.25) is 5.02 Å². The second kappa shape index (κ2) is 6.28. The molecule has 0 atom stereocenters. The number of hydrogen-bond donors (Lipinski definition) is 1. The number of anilines is 1. The Morgan fingerprint density at radius 3 is 2.65 bits per heavy atom. The molecule has 5 nitrogen and oxygen atoms in total. The summed E-state index contributed by atoms with van der Waals surface area (Å²) in [5.41, 5.74) is 6.17. The Bertz CT molecular complexity index is 623. The quantitative estimate of drug-likeness (QED) is 0.892. The molecule has 0 amide bonds. The third-order valence-electron chi connectivity index (χ3n) is 2.26. The molecule has 0 bridgehead atoms. The van der Waals surface area contributed by atoms with Gasteiger partial charge in [0.1, 0.15) is 12.1 Å². The Kier molecular flexibility index (Phi) is 4.67. The molecule has 1 aromatic heterocycles. The van der Waals surface area contributed by atoms with E-state index < -0.39 is 0 Å². The van der Waals surface area contributed by atoms with Crippen molar-refractivity contribution in [3.63, 3.8) is 0 Å². The predicted octanol–water partition coefficient (Wildman–Crippen LogP) is 4.05. The van der Waals surface area contributed by atoms with Crippen molar-refractivity contribution in [2.45, 2.75) is 20.0 Å². The van der Waals surface area contributed by atoms with Gasteiger partial charge >= 0.3 is 0 Å².